The standard InChI is InChI=1S/C13H18Cl2N2O2/c1-8(16)6-7-17-13(18)9(2)19-11-5-3-4-10(14)12(11)15/h3-5,8-9H,6-7,16H2,1-2H3,(H,17,18). The van der Waals surface area contributed by atoms with Gasteiger partial charge in [0.1, 0.15) is 10.8 Å². The molecule has 106 valence electrons. The van der Waals surface area contributed by atoms with Crippen LogP contribution >= 0.6 is 23.2 Å². The first-order chi connectivity index (χ1) is 8.91. The molecule has 4 nitrogen and oxygen atoms in total. The van der Waals surface area contributed by atoms with Crippen LogP contribution in [0.5, 0.6) is 5.75 Å². The average Bonchev–Trinajstić information content (AvgIpc) is 2.34. The van der Waals surface area contributed by atoms with Crippen molar-refractivity contribution in [3.05, 3.63) is 28.2 Å². The quantitative estimate of drug-likeness (QED) is 0.849. The molecular weight excluding hydrogens is 287 g/mol. The molecule has 2 atom stereocenters. The number of carbonyl (C=O) groups is 1. The Kier molecular flexibility index (Phi) is 6.42. The van der Waals surface area contributed by atoms with Gasteiger partial charge in [-0.15, -0.1) is 0 Å². The second-order valence-electron chi connectivity index (χ2n) is 4.37. The van der Waals surface area contributed by atoms with Crippen molar-refractivity contribution in [1.29, 1.82) is 0 Å². The third-order valence-electron chi connectivity index (χ3n) is 2.49. The number of hydrogen-bond acceptors (Lipinski definition) is 3. The molecule has 0 bridgehead atoms. The molecule has 0 saturated heterocycles. The van der Waals surface area contributed by atoms with Gasteiger partial charge in [-0.2, -0.15) is 0 Å². The molecule has 0 aliphatic carbocycles. The number of ether oxygens (including phenoxy) is 1. The number of amides is 1. The molecule has 1 rings (SSSR count). The van der Waals surface area contributed by atoms with Crippen LogP contribution in [0.25, 0.3) is 0 Å². The zero-order valence-electron chi connectivity index (χ0n) is 11.0. The minimum absolute atomic E-state index is 0.0545. The van der Waals surface area contributed by atoms with Crippen LogP contribution in [0.3, 0.4) is 0 Å². The van der Waals surface area contributed by atoms with E-state index in [9.17, 15) is 4.79 Å². The number of halogens is 2. The highest BCUT2D eigenvalue weighted by Gasteiger charge is 2.16. The molecular formula is C13H18Cl2N2O2. The number of carbonyl (C=O) groups excluding carboxylic acids is 1. The van der Waals surface area contributed by atoms with Gasteiger partial charge in [-0.1, -0.05) is 29.3 Å². The number of nitrogens with one attached hydrogen (secondary N) is 1. The van der Waals surface area contributed by atoms with Crippen molar-refractivity contribution in [2.45, 2.75) is 32.4 Å². The lowest BCUT2D eigenvalue weighted by atomic mass is 10.2. The van der Waals surface area contributed by atoms with Crippen LogP contribution in [0.4, 0.5) is 0 Å². The summed E-state index contributed by atoms with van der Waals surface area (Å²) in [5.41, 5.74) is 5.60. The fraction of sp³-hybridized carbons (Fsp3) is 0.462. The Hall–Kier alpha value is -0.970. The Morgan fingerprint density at radius 2 is 2.11 bits per heavy atom. The molecule has 6 heteroatoms. The molecule has 1 aromatic carbocycles. The lowest BCUT2D eigenvalue weighted by Crippen LogP contribution is -2.38. The van der Waals surface area contributed by atoms with Crippen molar-refractivity contribution >= 4 is 29.1 Å². The summed E-state index contributed by atoms with van der Waals surface area (Å²) in [5, 5.41) is 3.45. The van der Waals surface area contributed by atoms with Gasteiger partial charge in [0.05, 0.1) is 5.02 Å². The molecule has 0 aliphatic rings. The Morgan fingerprint density at radius 3 is 2.74 bits per heavy atom. The summed E-state index contributed by atoms with van der Waals surface area (Å²) in [6.45, 7) is 4.06. The van der Waals surface area contributed by atoms with Crippen molar-refractivity contribution in [3.63, 3.8) is 0 Å². The van der Waals surface area contributed by atoms with E-state index in [0.717, 1.165) is 6.42 Å². The van der Waals surface area contributed by atoms with Gasteiger partial charge in [0.25, 0.3) is 5.91 Å². The van der Waals surface area contributed by atoms with Gasteiger partial charge in [-0.3, -0.25) is 4.79 Å². The van der Waals surface area contributed by atoms with E-state index < -0.39 is 6.10 Å². The van der Waals surface area contributed by atoms with Gasteiger partial charge in [-0.25, -0.2) is 0 Å². The molecule has 1 aromatic rings. The first-order valence-electron chi connectivity index (χ1n) is 6.05. The van der Waals surface area contributed by atoms with Crippen molar-refractivity contribution in [2.75, 3.05) is 6.54 Å². The van der Waals surface area contributed by atoms with Crippen molar-refractivity contribution in [3.8, 4) is 5.75 Å². The summed E-state index contributed by atoms with van der Waals surface area (Å²) in [5.74, 6) is 0.181. The Morgan fingerprint density at radius 1 is 1.42 bits per heavy atom. The predicted octanol–water partition coefficient (Wildman–Crippen LogP) is 2.61. The highest BCUT2D eigenvalue weighted by atomic mass is 35.5. The molecule has 0 fully saturated rings. The van der Waals surface area contributed by atoms with E-state index in [1.807, 2.05) is 6.92 Å². The third kappa shape index (κ3) is 5.27. The van der Waals surface area contributed by atoms with Crippen LogP contribution in [-0.4, -0.2) is 24.6 Å². The number of benzene rings is 1. The molecule has 0 spiro atoms. The maximum absolute atomic E-state index is 11.8. The zero-order chi connectivity index (χ0) is 14.4. The van der Waals surface area contributed by atoms with Crippen LogP contribution < -0.4 is 15.8 Å². The smallest absolute Gasteiger partial charge is 0.260 e. The van der Waals surface area contributed by atoms with E-state index in [4.69, 9.17) is 33.7 Å². The second kappa shape index (κ2) is 7.58. The van der Waals surface area contributed by atoms with Gasteiger partial charge < -0.3 is 15.8 Å². The van der Waals surface area contributed by atoms with E-state index >= 15 is 0 Å². The maximum Gasteiger partial charge on any atom is 0.260 e. The normalized spacial score (nSPS) is 13.7. The van der Waals surface area contributed by atoms with Gasteiger partial charge in [0.2, 0.25) is 0 Å². The van der Waals surface area contributed by atoms with E-state index in [-0.39, 0.29) is 11.9 Å². The lowest BCUT2D eigenvalue weighted by Gasteiger charge is -2.16. The molecule has 0 saturated carbocycles. The topological polar surface area (TPSA) is 64.3 Å². The second-order valence-corrected chi connectivity index (χ2v) is 5.15. The highest BCUT2D eigenvalue weighted by Crippen LogP contribution is 2.31. The zero-order valence-corrected chi connectivity index (χ0v) is 12.5. The fourth-order valence-electron chi connectivity index (χ4n) is 1.39. The average molecular weight is 305 g/mol. The number of rotatable bonds is 6. The molecule has 3 N–H and O–H groups in total. The summed E-state index contributed by atoms with van der Waals surface area (Å²) in [4.78, 5) is 11.8. The van der Waals surface area contributed by atoms with Crippen molar-refractivity contribution in [1.82, 2.24) is 5.32 Å². The van der Waals surface area contributed by atoms with Crippen LogP contribution in [-0.2, 0) is 4.79 Å². The van der Waals surface area contributed by atoms with Crippen molar-refractivity contribution in [2.24, 2.45) is 5.73 Å². The van der Waals surface area contributed by atoms with E-state index in [0.29, 0.717) is 22.3 Å². The summed E-state index contributed by atoms with van der Waals surface area (Å²) in [6.07, 6.45) is 0.0696. The molecule has 0 radical (unpaired) electrons. The fourth-order valence-corrected chi connectivity index (χ4v) is 1.72. The van der Waals surface area contributed by atoms with E-state index in [1.165, 1.54) is 0 Å². The van der Waals surface area contributed by atoms with Crippen LogP contribution in [0.15, 0.2) is 18.2 Å². The minimum Gasteiger partial charge on any atom is -0.479 e. The summed E-state index contributed by atoms with van der Waals surface area (Å²) >= 11 is 11.9. The Bertz CT molecular complexity index is 439. The molecule has 0 aromatic heterocycles. The molecule has 0 heterocycles. The van der Waals surface area contributed by atoms with Gasteiger partial charge in [0, 0.05) is 12.6 Å². The molecule has 1 amide bonds. The Balaban J connectivity index is 2.52. The molecule has 2 unspecified atom stereocenters. The van der Waals surface area contributed by atoms with Gasteiger partial charge >= 0.3 is 0 Å². The van der Waals surface area contributed by atoms with Gasteiger partial charge in [-0.05, 0) is 32.4 Å². The molecule has 0 aliphatic heterocycles. The van der Waals surface area contributed by atoms with Crippen LogP contribution in [0, 0.1) is 0 Å². The van der Waals surface area contributed by atoms with Crippen LogP contribution in [0.2, 0.25) is 10.0 Å². The van der Waals surface area contributed by atoms with Gasteiger partial charge in [0.15, 0.2) is 6.10 Å². The first-order valence-corrected chi connectivity index (χ1v) is 6.81. The first kappa shape index (κ1) is 16.1. The van der Waals surface area contributed by atoms with E-state index in [1.54, 1.807) is 25.1 Å². The maximum atomic E-state index is 11.8. The Labute approximate surface area is 123 Å². The SMILES string of the molecule is CC(N)CCNC(=O)C(C)Oc1cccc(Cl)c1Cl. The highest BCUT2D eigenvalue weighted by molar-refractivity contribution is 6.42. The predicted molar refractivity (Wildman–Crippen MR) is 77.8 cm³/mol. The summed E-state index contributed by atoms with van der Waals surface area (Å²) in [6, 6.07) is 5.09. The van der Waals surface area contributed by atoms with Crippen LogP contribution in [0.1, 0.15) is 20.3 Å². The van der Waals surface area contributed by atoms with Crippen molar-refractivity contribution < 1.29 is 9.53 Å². The number of nitrogens with two attached hydrogens (primary N) is 1. The third-order valence-corrected chi connectivity index (χ3v) is 3.29. The lowest BCUT2D eigenvalue weighted by molar-refractivity contribution is -0.127. The minimum atomic E-state index is -0.649. The largest absolute Gasteiger partial charge is 0.479 e. The molecule has 19 heavy (non-hydrogen) atoms. The van der Waals surface area contributed by atoms with E-state index in [2.05, 4.69) is 5.32 Å². The monoisotopic (exact) mass is 304 g/mol. The number of hydrogen-bond donors (Lipinski definition) is 2. The summed E-state index contributed by atoms with van der Waals surface area (Å²) in [7, 11) is 0. The summed E-state index contributed by atoms with van der Waals surface area (Å²) < 4.78 is 5.49.